The summed E-state index contributed by atoms with van der Waals surface area (Å²) in [4.78, 5) is 23.7. The van der Waals surface area contributed by atoms with Gasteiger partial charge in [-0.2, -0.15) is 19.3 Å². The van der Waals surface area contributed by atoms with Crippen LogP contribution < -0.4 is 145 Å². The third-order valence-electron chi connectivity index (χ3n) is 7.68. The maximum Gasteiger partial charge on any atom is 1.00 e. The summed E-state index contributed by atoms with van der Waals surface area (Å²) in [5.74, 6) is -0.970. The molecule has 0 spiro atoms. The van der Waals surface area contributed by atoms with Crippen LogP contribution in [0, 0.1) is 0 Å². The van der Waals surface area contributed by atoms with E-state index in [0.717, 1.165) is 24.3 Å². The number of nitrogens with one attached hydrogen (secondary N) is 2. The van der Waals surface area contributed by atoms with E-state index in [2.05, 4.69) is 49.4 Å². The predicted molar refractivity (Wildman–Crippen MR) is 207 cm³/mol. The summed E-state index contributed by atoms with van der Waals surface area (Å²) in [5, 5.41) is 25.4. The normalized spacial score (nSPS) is 11.7. The average Bonchev–Trinajstić information content (AvgIpc) is 3.15. The first-order valence-electron chi connectivity index (χ1n) is 16.2. The number of aromatic nitrogens is 3. The molecular formula is C30H24ClN9Na4O16S5. The largest absolute Gasteiger partial charge is 1.00 e. The second kappa shape index (κ2) is 26.1. The number of benzene rings is 4. The van der Waals surface area contributed by atoms with E-state index in [0.29, 0.717) is 5.69 Å². The summed E-state index contributed by atoms with van der Waals surface area (Å²) in [6.07, 6.45) is 0. The minimum Gasteiger partial charge on any atom is -0.744 e. The maximum absolute atomic E-state index is 12.6. The van der Waals surface area contributed by atoms with Gasteiger partial charge >= 0.3 is 124 Å². The summed E-state index contributed by atoms with van der Waals surface area (Å²) in [6.45, 7) is 1.04. The van der Waals surface area contributed by atoms with Crippen LogP contribution in [0.15, 0.2) is 96.5 Å². The van der Waals surface area contributed by atoms with Gasteiger partial charge in [0.25, 0.3) is 0 Å². The van der Waals surface area contributed by atoms with Crippen molar-refractivity contribution in [2.45, 2.75) is 26.5 Å². The molecule has 4 aromatic carbocycles. The first kappa shape index (κ1) is 61.8. The van der Waals surface area contributed by atoms with E-state index in [9.17, 15) is 57.4 Å². The van der Waals surface area contributed by atoms with E-state index in [1.165, 1.54) is 47.4 Å². The number of carbonyl (C=O) groups is 1. The van der Waals surface area contributed by atoms with Crippen LogP contribution in [0.5, 0.6) is 0 Å². The van der Waals surface area contributed by atoms with E-state index in [1.807, 2.05) is 0 Å². The van der Waals surface area contributed by atoms with Crippen molar-refractivity contribution in [3.63, 3.8) is 0 Å². The van der Waals surface area contributed by atoms with Crippen molar-refractivity contribution in [2.24, 2.45) is 16.0 Å². The molecule has 35 heteroatoms. The number of fused-ring (bicyclic) bond motifs is 1. The Bertz CT molecular complexity index is 3000. The number of azo groups is 1. The van der Waals surface area contributed by atoms with Crippen molar-refractivity contribution in [1.29, 1.82) is 0 Å². The van der Waals surface area contributed by atoms with Gasteiger partial charge in [0.15, 0.2) is 9.84 Å². The summed E-state index contributed by atoms with van der Waals surface area (Å²) in [7, 11) is -19.8. The van der Waals surface area contributed by atoms with Crippen molar-refractivity contribution in [3.8, 4) is 0 Å². The topological polar surface area (TPSA) is 390 Å². The number of hydrogen-bond donors (Lipinski definition) is 3. The van der Waals surface area contributed by atoms with Gasteiger partial charge in [0.1, 0.15) is 31.6 Å². The third-order valence-corrected chi connectivity index (χ3v) is 12.3. The Balaban J connectivity index is 0.00000528. The molecule has 0 radical (unpaired) electrons. The van der Waals surface area contributed by atoms with Gasteiger partial charge in [-0.3, -0.25) is 9.22 Å². The molecule has 0 aliphatic heterocycles. The van der Waals surface area contributed by atoms with E-state index in [-0.39, 0.29) is 192 Å². The van der Waals surface area contributed by atoms with Gasteiger partial charge in [-0.15, -0.1) is 10.2 Å². The minimum absolute atomic E-state index is 0. The first-order valence-corrected chi connectivity index (χ1v) is 23.1. The standard InChI is InChI=1S/C30H28ClN9O16S5.4Na/c1-2-40(18-4-6-20(7-5-18)58(43,44)10-9-54-61(51,52)53)30-36-27(31)35-29(37-30)33-17-3-8-22(23(13-17)34-28(32)41)38-39-24-15-21-16(12-26(24)60(48,49)50)11-19(57-56-55-42)14-25(21)59(45,46)47;;;;/h3-8,11-15,42H,2,9-10H2,1H3,(H3,32,34,41)(H,45,46,47)(H,48,49,50)(H,51,52,53)(H,33,35,36,37);;;;/q;4*+1/p-4. The van der Waals surface area contributed by atoms with Crippen LogP contribution in [0.1, 0.15) is 6.92 Å². The monoisotopic (exact) mass is 1050 g/mol. The van der Waals surface area contributed by atoms with E-state index in [1.54, 1.807) is 6.92 Å². The van der Waals surface area contributed by atoms with Gasteiger partial charge in [-0.25, -0.2) is 38.5 Å². The van der Waals surface area contributed by atoms with Crippen molar-refractivity contribution in [3.05, 3.63) is 72.0 Å². The minimum atomic E-state index is -5.36. The van der Waals surface area contributed by atoms with Crippen LogP contribution in [0.3, 0.4) is 0 Å². The molecule has 0 fully saturated rings. The summed E-state index contributed by atoms with van der Waals surface area (Å²) >= 11 is 6.40. The number of nitrogens with two attached hydrogens (primary N) is 1. The number of sulfone groups is 1. The molecule has 326 valence electrons. The fourth-order valence-electron chi connectivity index (χ4n) is 5.23. The first-order chi connectivity index (χ1) is 28.5. The van der Waals surface area contributed by atoms with Crippen LogP contribution >= 0.6 is 23.6 Å². The number of primary amides is 1. The number of halogens is 1. The molecule has 0 saturated carbocycles. The van der Waals surface area contributed by atoms with Gasteiger partial charge < -0.3 is 40.2 Å². The fourth-order valence-corrected chi connectivity index (χ4v) is 8.73. The van der Waals surface area contributed by atoms with Gasteiger partial charge in [-0.05, 0) is 90.6 Å². The predicted octanol–water partition coefficient (Wildman–Crippen LogP) is -9.21. The summed E-state index contributed by atoms with van der Waals surface area (Å²) in [5.41, 5.74) is 4.80. The van der Waals surface area contributed by atoms with Crippen LogP contribution in [-0.4, -0.2) is 87.2 Å². The number of urea groups is 1. The number of carbonyl (C=O) groups excluding carboxylic acids is 1. The van der Waals surface area contributed by atoms with Gasteiger partial charge in [0.05, 0.1) is 44.8 Å². The zero-order valence-electron chi connectivity index (χ0n) is 34.2. The maximum atomic E-state index is 12.6. The molecule has 0 saturated heterocycles. The van der Waals surface area contributed by atoms with Crippen molar-refractivity contribution in [1.82, 2.24) is 15.0 Å². The van der Waals surface area contributed by atoms with Crippen LogP contribution in [0.2, 0.25) is 5.28 Å². The molecule has 0 bridgehead atoms. The Morgan fingerprint density at radius 3 is 2.03 bits per heavy atom. The molecule has 0 atom stereocenters. The molecule has 1 heterocycles. The van der Waals surface area contributed by atoms with Crippen LogP contribution in [-0.2, 0) is 54.0 Å². The Hall–Kier alpha value is -1.22. The number of anilines is 5. The van der Waals surface area contributed by atoms with Crippen molar-refractivity contribution >= 4 is 121 Å². The molecular weight excluding hydrogens is 1030 g/mol. The second-order valence-electron chi connectivity index (χ2n) is 11.7. The summed E-state index contributed by atoms with van der Waals surface area (Å²) < 4.78 is 139. The van der Waals surface area contributed by atoms with E-state index < -0.39 is 74.3 Å². The number of hydrogen-bond acceptors (Lipinski definition) is 24. The molecule has 1 aromatic heterocycles. The number of nitrogens with zero attached hydrogens (tertiary/aromatic N) is 6. The molecule has 2 amide bonds. The average molecular weight is 1050 g/mol. The van der Waals surface area contributed by atoms with Crippen molar-refractivity contribution in [2.75, 3.05) is 34.4 Å². The smallest absolute Gasteiger partial charge is 0.744 e. The second-order valence-corrected chi connectivity index (χ2v) is 18.6. The molecule has 5 rings (SSSR count). The van der Waals surface area contributed by atoms with E-state index >= 15 is 0 Å². The zero-order chi connectivity index (χ0) is 44.9. The van der Waals surface area contributed by atoms with Gasteiger partial charge in [-0.1, -0.05) is 0 Å². The molecule has 4 N–H and O–H groups in total. The van der Waals surface area contributed by atoms with Crippen LogP contribution in [0.25, 0.3) is 10.8 Å². The Morgan fingerprint density at radius 2 is 1.46 bits per heavy atom. The molecule has 0 aliphatic carbocycles. The van der Waals surface area contributed by atoms with Gasteiger partial charge in [0, 0.05) is 28.2 Å². The zero-order valence-corrected chi connectivity index (χ0v) is 47.0. The molecule has 0 aliphatic rings. The van der Waals surface area contributed by atoms with Gasteiger partial charge in [0.2, 0.25) is 27.6 Å². The van der Waals surface area contributed by atoms with Crippen molar-refractivity contribution < 1.29 is 189 Å². The van der Waals surface area contributed by atoms with E-state index in [4.69, 9.17) is 17.3 Å². The molecule has 0 unspecified atom stereocenters. The Morgan fingerprint density at radius 1 is 0.831 bits per heavy atom. The SMILES string of the molecule is CCN(c1ccc(S(=O)(=O)CCOS(=O)(=O)[O-])cc1)c1nc(Cl)nc(Nc2ccc(N=Nc3cc4c(S(=O)(=O)[O-])cc(SOO[O-])cc4cc3S(=O)(=O)[O-])c(NC(N)=O)c2)n1.[Na+].[Na+].[Na+].[Na+]. The molecule has 25 nitrogen and oxygen atoms in total. The number of amides is 2. The third kappa shape index (κ3) is 17.6. The Labute approximate surface area is 468 Å². The Kier molecular flexibility index (Phi) is 24.8. The number of rotatable bonds is 18. The molecule has 65 heavy (non-hydrogen) atoms. The summed E-state index contributed by atoms with van der Waals surface area (Å²) in [6, 6.07) is 11.4. The van der Waals surface area contributed by atoms with Crippen LogP contribution in [0.4, 0.5) is 45.1 Å². The molecule has 5 aromatic rings. The fraction of sp³-hybridized carbons (Fsp3) is 0.133. The quantitative estimate of drug-likeness (QED) is 0.0139.